The molecular formula is C24H31N5O2. The first-order valence-electron chi connectivity index (χ1n) is 10.9. The maximum Gasteiger partial charge on any atom is 0.222 e. The lowest BCUT2D eigenvalue weighted by molar-refractivity contribution is -0.130. The molecule has 1 aliphatic heterocycles. The third kappa shape index (κ3) is 4.82. The number of benzene rings is 1. The molecule has 0 unspecified atom stereocenters. The van der Waals surface area contributed by atoms with E-state index in [1.165, 1.54) is 5.56 Å². The van der Waals surface area contributed by atoms with Crippen molar-refractivity contribution in [3.05, 3.63) is 47.8 Å². The van der Waals surface area contributed by atoms with Crippen molar-refractivity contribution in [1.29, 1.82) is 0 Å². The van der Waals surface area contributed by atoms with Crippen LogP contribution in [0.3, 0.4) is 0 Å². The van der Waals surface area contributed by atoms with Crippen LogP contribution in [0.5, 0.6) is 5.75 Å². The lowest BCUT2D eigenvalue weighted by Crippen LogP contribution is -2.29. The van der Waals surface area contributed by atoms with Crippen LogP contribution in [0, 0.1) is 0 Å². The molecule has 31 heavy (non-hydrogen) atoms. The number of carbonyl (C=O) groups excluding carboxylic acids is 1. The molecule has 1 amide bonds. The Bertz CT molecular complexity index is 1060. The Morgan fingerprint density at radius 1 is 1.06 bits per heavy atom. The predicted molar refractivity (Wildman–Crippen MR) is 124 cm³/mol. The van der Waals surface area contributed by atoms with Crippen molar-refractivity contribution < 1.29 is 9.53 Å². The lowest BCUT2D eigenvalue weighted by Gasteiger charge is -2.20. The zero-order valence-corrected chi connectivity index (χ0v) is 18.6. The highest BCUT2D eigenvalue weighted by Gasteiger charge is 2.15. The standard InChI is InChI=1S/C24H31N5O2/c1-28-12-5-7-22(30)29(2)13-4-6-17-15-26-24-23(17)20(10-11-25-24)27-19-8-9-21(31-3)18(14-19)16-28/h8-11,14-15,27H,4-7,12-13,16H2,1-3H3,(H,25,26). The Kier molecular flexibility index (Phi) is 6.42. The Labute approximate surface area is 183 Å². The van der Waals surface area contributed by atoms with Crippen LogP contribution in [0.15, 0.2) is 36.7 Å². The number of aromatic nitrogens is 2. The van der Waals surface area contributed by atoms with Gasteiger partial charge in [0.05, 0.1) is 12.8 Å². The fourth-order valence-electron chi connectivity index (χ4n) is 4.25. The first kappa shape index (κ1) is 21.2. The number of aromatic amines is 1. The molecule has 0 atom stereocenters. The number of nitrogens with one attached hydrogen (secondary N) is 2. The zero-order valence-electron chi connectivity index (χ0n) is 18.6. The quantitative estimate of drug-likeness (QED) is 0.623. The number of carbonyl (C=O) groups is 1. The molecule has 3 heterocycles. The zero-order chi connectivity index (χ0) is 21.8. The molecule has 2 bridgehead atoms. The molecule has 0 fully saturated rings. The number of rotatable bonds is 1. The van der Waals surface area contributed by atoms with Crippen molar-refractivity contribution in [2.45, 2.75) is 32.2 Å². The van der Waals surface area contributed by atoms with Crippen molar-refractivity contribution in [2.75, 3.05) is 39.6 Å². The van der Waals surface area contributed by atoms with Crippen LogP contribution in [0.25, 0.3) is 11.0 Å². The van der Waals surface area contributed by atoms with Gasteiger partial charge in [0.1, 0.15) is 11.4 Å². The molecule has 2 aromatic heterocycles. The van der Waals surface area contributed by atoms with E-state index in [-0.39, 0.29) is 5.91 Å². The number of anilines is 2. The minimum Gasteiger partial charge on any atom is -0.496 e. The van der Waals surface area contributed by atoms with Gasteiger partial charge in [-0.25, -0.2) is 4.98 Å². The molecule has 3 aromatic rings. The van der Waals surface area contributed by atoms with Crippen molar-refractivity contribution >= 4 is 28.3 Å². The molecule has 4 rings (SSSR count). The number of aryl methyl sites for hydroxylation is 1. The van der Waals surface area contributed by atoms with E-state index in [9.17, 15) is 4.79 Å². The second kappa shape index (κ2) is 9.39. The summed E-state index contributed by atoms with van der Waals surface area (Å²) in [6.07, 6.45) is 7.06. The minimum atomic E-state index is 0.209. The Balaban J connectivity index is 1.71. The number of hydrogen-bond acceptors (Lipinski definition) is 5. The van der Waals surface area contributed by atoms with Crippen LogP contribution < -0.4 is 10.1 Å². The summed E-state index contributed by atoms with van der Waals surface area (Å²) in [6.45, 7) is 2.36. The Hall–Kier alpha value is -3.06. The van der Waals surface area contributed by atoms with Crippen molar-refractivity contribution in [3.8, 4) is 5.75 Å². The average Bonchev–Trinajstić information content (AvgIpc) is 3.17. The number of fused-ring (bicyclic) bond motifs is 2. The molecule has 7 nitrogen and oxygen atoms in total. The summed E-state index contributed by atoms with van der Waals surface area (Å²) in [6, 6.07) is 8.21. The van der Waals surface area contributed by atoms with Crippen molar-refractivity contribution in [1.82, 2.24) is 19.8 Å². The van der Waals surface area contributed by atoms with Gasteiger partial charge < -0.3 is 24.8 Å². The molecule has 7 heteroatoms. The molecule has 1 aliphatic rings. The van der Waals surface area contributed by atoms with E-state index in [1.54, 1.807) is 7.11 Å². The predicted octanol–water partition coefficient (Wildman–Crippen LogP) is 3.93. The second-order valence-electron chi connectivity index (χ2n) is 8.31. The molecule has 0 saturated carbocycles. The van der Waals surface area contributed by atoms with Gasteiger partial charge in [0.15, 0.2) is 0 Å². The molecule has 1 aromatic carbocycles. The molecule has 2 N–H and O–H groups in total. The maximum absolute atomic E-state index is 12.5. The van der Waals surface area contributed by atoms with Gasteiger partial charge in [-0.3, -0.25) is 4.79 Å². The summed E-state index contributed by atoms with van der Waals surface area (Å²) in [4.78, 5) is 24.4. The van der Waals surface area contributed by atoms with E-state index in [4.69, 9.17) is 4.74 Å². The number of ether oxygens (including phenoxy) is 1. The van der Waals surface area contributed by atoms with Crippen LogP contribution in [0.4, 0.5) is 11.4 Å². The number of nitrogens with zero attached hydrogens (tertiary/aromatic N) is 3. The number of pyridine rings is 1. The highest BCUT2D eigenvalue weighted by Crippen LogP contribution is 2.31. The smallest absolute Gasteiger partial charge is 0.222 e. The Morgan fingerprint density at radius 2 is 1.90 bits per heavy atom. The Morgan fingerprint density at radius 3 is 2.74 bits per heavy atom. The van der Waals surface area contributed by atoms with Gasteiger partial charge in [-0.05, 0) is 62.7 Å². The van der Waals surface area contributed by atoms with Gasteiger partial charge in [-0.15, -0.1) is 0 Å². The summed E-state index contributed by atoms with van der Waals surface area (Å²) < 4.78 is 5.60. The first-order chi connectivity index (χ1) is 15.0. The molecular weight excluding hydrogens is 390 g/mol. The fraction of sp³-hybridized carbons (Fsp3) is 0.417. The number of amides is 1. The van der Waals surface area contributed by atoms with Crippen LogP contribution >= 0.6 is 0 Å². The third-order valence-corrected chi connectivity index (χ3v) is 5.95. The summed E-state index contributed by atoms with van der Waals surface area (Å²) in [5.41, 5.74) is 5.24. The molecule has 0 spiro atoms. The summed E-state index contributed by atoms with van der Waals surface area (Å²) >= 11 is 0. The van der Waals surface area contributed by atoms with Crippen LogP contribution in [0.1, 0.15) is 30.4 Å². The van der Waals surface area contributed by atoms with E-state index < -0.39 is 0 Å². The van der Waals surface area contributed by atoms with E-state index in [1.807, 2.05) is 42.5 Å². The average molecular weight is 422 g/mol. The van der Waals surface area contributed by atoms with Gasteiger partial charge in [0.25, 0.3) is 0 Å². The maximum atomic E-state index is 12.5. The van der Waals surface area contributed by atoms with Gasteiger partial charge in [0, 0.05) is 55.6 Å². The van der Waals surface area contributed by atoms with E-state index >= 15 is 0 Å². The number of H-pyrrole nitrogens is 1. The molecule has 0 saturated heterocycles. The highest BCUT2D eigenvalue weighted by molar-refractivity contribution is 5.94. The van der Waals surface area contributed by atoms with E-state index in [0.717, 1.165) is 72.6 Å². The van der Waals surface area contributed by atoms with E-state index in [0.29, 0.717) is 6.42 Å². The monoisotopic (exact) mass is 421 g/mol. The van der Waals surface area contributed by atoms with Crippen LogP contribution in [-0.4, -0.2) is 60.0 Å². The topological polar surface area (TPSA) is 73.5 Å². The van der Waals surface area contributed by atoms with Gasteiger partial charge >= 0.3 is 0 Å². The number of methoxy groups -OCH3 is 1. The molecule has 164 valence electrons. The first-order valence-corrected chi connectivity index (χ1v) is 10.9. The van der Waals surface area contributed by atoms with Crippen LogP contribution in [0.2, 0.25) is 0 Å². The molecule has 0 radical (unpaired) electrons. The SMILES string of the molecule is COc1ccc2cc1CN(C)CCCC(=O)N(C)CCCc1c[nH]c3nccc(c13)N2. The highest BCUT2D eigenvalue weighted by atomic mass is 16.5. The van der Waals surface area contributed by atoms with Crippen molar-refractivity contribution in [3.63, 3.8) is 0 Å². The minimum absolute atomic E-state index is 0.209. The summed E-state index contributed by atoms with van der Waals surface area (Å²) in [5.74, 6) is 1.08. The van der Waals surface area contributed by atoms with Crippen LogP contribution in [-0.2, 0) is 17.8 Å². The lowest BCUT2D eigenvalue weighted by atomic mass is 10.1. The van der Waals surface area contributed by atoms with Gasteiger partial charge in [0.2, 0.25) is 5.91 Å². The largest absolute Gasteiger partial charge is 0.496 e. The second-order valence-corrected chi connectivity index (χ2v) is 8.31. The van der Waals surface area contributed by atoms with Crippen molar-refractivity contribution in [2.24, 2.45) is 0 Å². The fourth-order valence-corrected chi connectivity index (χ4v) is 4.25. The normalized spacial score (nSPS) is 16.7. The van der Waals surface area contributed by atoms with E-state index in [2.05, 4.69) is 33.3 Å². The number of hydrogen-bond donors (Lipinski definition) is 2. The third-order valence-electron chi connectivity index (χ3n) is 5.95. The van der Waals surface area contributed by atoms with Gasteiger partial charge in [-0.1, -0.05) is 0 Å². The van der Waals surface area contributed by atoms with Gasteiger partial charge in [-0.2, -0.15) is 0 Å². The summed E-state index contributed by atoms with van der Waals surface area (Å²) in [5, 5.41) is 4.70. The summed E-state index contributed by atoms with van der Waals surface area (Å²) in [7, 11) is 5.69. The molecule has 0 aliphatic carbocycles.